The van der Waals surface area contributed by atoms with Crippen LogP contribution in [0.5, 0.6) is 0 Å². The van der Waals surface area contributed by atoms with Crippen molar-refractivity contribution in [2.45, 2.75) is 0 Å². The number of benzene rings is 7. The van der Waals surface area contributed by atoms with Crippen LogP contribution in [0.2, 0.25) is 0 Å². The summed E-state index contributed by atoms with van der Waals surface area (Å²) in [5.74, 6) is 0. The molecule has 0 N–H and O–H groups in total. The third-order valence-electron chi connectivity index (χ3n) is 9.93. The van der Waals surface area contributed by atoms with E-state index in [1.807, 2.05) is 34.8 Å². The van der Waals surface area contributed by atoms with Crippen molar-refractivity contribution >= 4 is 107 Å². The van der Waals surface area contributed by atoms with E-state index in [0.29, 0.717) is 5.56 Å². The largest absolute Gasteiger partial charge is 0.309 e. The summed E-state index contributed by atoms with van der Waals surface area (Å²) in [5, 5.41) is 19.6. The van der Waals surface area contributed by atoms with Crippen molar-refractivity contribution in [2.75, 3.05) is 0 Å². The maximum atomic E-state index is 9.62. The second-order valence-corrected chi connectivity index (χ2v) is 14.6. The van der Waals surface area contributed by atoms with Gasteiger partial charge in [-0.2, -0.15) is 5.26 Å². The monoisotopic (exact) mass is 645 g/mol. The van der Waals surface area contributed by atoms with Gasteiger partial charge in [0.1, 0.15) is 0 Å². The summed E-state index contributed by atoms with van der Waals surface area (Å²) in [5.41, 5.74) is 7.66. The van der Waals surface area contributed by atoms with Gasteiger partial charge in [-0.1, -0.05) is 60.7 Å². The summed E-state index contributed by atoms with van der Waals surface area (Å²) < 4.78 is 10.0. The predicted octanol–water partition coefficient (Wildman–Crippen LogP) is 12.5. The summed E-state index contributed by atoms with van der Waals surface area (Å²) >= 11 is 3.74. The third-order valence-corrected chi connectivity index (χ3v) is 12.3. The molecular formula is C43H23N3S2. The standard InChI is InChI=1S/C43H23N3S2/c44-24-25-13-17-37-32(21-25)28-7-1-4-10-35(28)45(37)26-14-19-40-33(22-26)34-23-27(15-20-41(34)47-40)46-36-11-5-2-9-31(36)42-38(46)18-16-30-29-8-3-6-12-39(29)48-43(30)42/h1-23H. The summed E-state index contributed by atoms with van der Waals surface area (Å²) in [6.45, 7) is 0. The van der Waals surface area contributed by atoms with E-state index in [0.717, 1.165) is 27.5 Å². The Kier molecular flexibility index (Phi) is 5.21. The van der Waals surface area contributed by atoms with E-state index in [-0.39, 0.29) is 0 Å². The molecule has 0 amide bonds. The second kappa shape index (κ2) is 9.56. The highest BCUT2D eigenvalue weighted by Crippen LogP contribution is 2.44. The van der Waals surface area contributed by atoms with Gasteiger partial charge < -0.3 is 9.13 Å². The molecule has 5 heteroatoms. The maximum absolute atomic E-state index is 9.62. The van der Waals surface area contributed by atoms with Gasteiger partial charge in [-0.15, -0.1) is 22.7 Å². The highest BCUT2D eigenvalue weighted by molar-refractivity contribution is 7.27. The Labute approximate surface area is 282 Å². The minimum atomic E-state index is 0.676. The molecule has 11 rings (SSSR count). The lowest BCUT2D eigenvalue weighted by molar-refractivity contribution is 1.18. The first kappa shape index (κ1) is 26.2. The molecule has 48 heavy (non-hydrogen) atoms. The number of fused-ring (bicyclic) bond motifs is 13. The number of aromatic nitrogens is 2. The van der Waals surface area contributed by atoms with Crippen molar-refractivity contribution in [1.82, 2.24) is 9.13 Å². The van der Waals surface area contributed by atoms with E-state index in [4.69, 9.17) is 0 Å². The lowest BCUT2D eigenvalue weighted by atomic mass is 10.1. The molecule has 0 spiro atoms. The van der Waals surface area contributed by atoms with Crippen LogP contribution in [0.4, 0.5) is 0 Å². The quantitative estimate of drug-likeness (QED) is 0.184. The van der Waals surface area contributed by atoms with E-state index in [9.17, 15) is 5.26 Å². The minimum absolute atomic E-state index is 0.676. The number of hydrogen-bond donors (Lipinski definition) is 0. The van der Waals surface area contributed by atoms with Gasteiger partial charge in [0.05, 0.1) is 33.7 Å². The first-order chi connectivity index (χ1) is 23.7. The van der Waals surface area contributed by atoms with Gasteiger partial charge in [0, 0.05) is 73.3 Å². The van der Waals surface area contributed by atoms with Crippen LogP contribution in [0.25, 0.3) is 95.3 Å². The van der Waals surface area contributed by atoms with Crippen LogP contribution >= 0.6 is 22.7 Å². The number of thiophene rings is 2. The van der Waals surface area contributed by atoms with Gasteiger partial charge >= 0.3 is 0 Å². The van der Waals surface area contributed by atoms with Gasteiger partial charge in [-0.3, -0.25) is 0 Å². The zero-order valence-corrected chi connectivity index (χ0v) is 27.1. The number of nitrogens with zero attached hydrogens (tertiary/aromatic N) is 3. The van der Waals surface area contributed by atoms with E-state index < -0.39 is 0 Å². The van der Waals surface area contributed by atoms with Gasteiger partial charge in [0.25, 0.3) is 0 Å². The van der Waals surface area contributed by atoms with Crippen molar-refractivity contribution in [3.63, 3.8) is 0 Å². The van der Waals surface area contributed by atoms with E-state index in [1.165, 1.54) is 67.8 Å². The first-order valence-corrected chi connectivity index (χ1v) is 17.6. The molecule has 7 aromatic carbocycles. The van der Waals surface area contributed by atoms with Gasteiger partial charge in [0.15, 0.2) is 0 Å². The molecular weight excluding hydrogens is 623 g/mol. The van der Waals surface area contributed by atoms with Crippen molar-refractivity contribution in [2.24, 2.45) is 0 Å². The van der Waals surface area contributed by atoms with Crippen LogP contribution in [0.15, 0.2) is 140 Å². The van der Waals surface area contributed by atoms with Crippen molar-refractivity contribution in [3.05, 3.63) is 145 Å². The zero-order valence-electron chi connectivity index (χ0n) is 25.4. The molecule has 0 bridgehead atoms. The fraction of sp³-hybridized carbons (Fsp3) is 0. The molecule has 0 radical (unpaired) electrons. The van der Waals surface area contributed by atoms with Crippen LogP contribution in [-0.2, 0) is 0 Å². The number of para-hydroxylation sites is 2. The van der Waals surface area contributed by atoms with Crippen molar-refractivity contribution in [3.8, 4) is 17.4 Å². The Bertz CT molecular complexity index is 3200. The molecule has 4 heterocycles. The Morgan fingerprint density at radius 2 is 1.00 bits per heavy atom. The molecule has 11 aromatic rings. The van der Waals surface area contributed by atoms with Crippen LogP contribution in [0, 0.1) is 11.3 Å². The van der Waals surface area contributed by atoms with Crippen molar-refractivity contribution in [1.29, 1.82) is 5.26 Å². The molecule has 0 unspecified atom stereocenters. The van der Waals surface area contributed by atoms with Crippen LogP contribution < -0.4 is 0 Å². The second-order valence-electron chi connectivity index (χ2n) is 12.4. The molecule has 0 atom stereocenters. The summed E-state index contributed by atoms with van der Waals surface area (Å²) in [6.07, 6.45) is 0. The molecule has 222 valence electrons. The average molecular weight is 646 g/mol. The molecule has 0 aliphatic rings. The van der Waals surface area contributed by atoms with Gasteiger partial charge in [-0.05, 0) is 78.9 Å². The summed E-state index contributed by atoms with van der Waals surface area (Å²) in [7, 11) is 0. The SMILES string of the molecule is N#Cc1ccc2c(c1)c1ccccc1n2-c1ccc2sc3ccc(-n4c5ccccc5c5c6sc7ccccc7c6ccc54)cc3c2c1. The molecule has 3 nitrogen and oxygen atoms in total. The van der Waals surface area contributed by atoms with Crippen LogP contribution in [0.3, 0.4) is 0 Å². The number of rotatable bonds is 2. The predicted molar refractivity (Wildman–Crippen MR) is 206 cm³/mol. The third kappa shape index (κ3) is 3.45. The summed E-state index contributed by atoms with van der Waals surface area (Å²) in [4.78, 5) is 0. The van der Waals surface area contributed by atoms with E-state index >= 15 is 0 Å². The Hall–Kier alpha value is -5.93. The zero-order chi connectivity index (χ0) is 31.5. The first-order valence-electron chi connectivity index (χ1n) is 16.0. The Balaban J connectivity index is 1.17. The highest BCUT2D eigenvalue weighted by atomic mass is 32.1. The normalized spacial score (nSPS) is 12.1. The smallest absolute Gasteiger partial charge is 0.0991 e. The topological polar surface area (TPSA) is 33.6 Å². The lowest BCUT2D eigenvalue weighted by Gasteiger charge is -2.10. The maximum Gasteiger partial charge on any atom is 0.0991 e. The van der Waals surface area contributed by atoms with Crippen molar-refractivity contribution < 1.29 is 0 Å². The molecule has 0 saturated heterocycles. The number of hydrogen-bond acceptors (Lipinski definition) is 3. The summed E-state index contributed by atoms with van der Waals surface area (Å²) in [6, 6.07) is 52.8. The fourth-order valence-corrected chi connectivity index (χ4v) is 10.2. The highest BCUT2D eigenvalue weighted by Gasteiger charge is 2.19. The van der Waals surface area contributed by atoms with Gasteiger partial charge in [0.2, 0.25) is 0 Å². The average Bonchev–Trinajstić information content (AvgIpc) is 3.88. The molecule has 0 fully saturated rings. The molecule has 0 aliphatic heterocycles. The van der Waals surface area contributed by atoms with E-state index in [1.54, 1.807) is 0 Å². The lowest BCUT2D eigenvalue weighted by Crippen LogP contribution is -1.94. The fourth-order valence-electron chi connectivity index (χ4n) is 7.87. The minimum Gasteiger partial charge on any atom is -0.309 e. The van der Waals surface area contributed by atoms with Crippen LogP contribution in [-0.4, -0.2) is 9.13 Å². The van der Waals surface area contributed by atoms with Gasteiger partial charge in [-0.25, -0.2) is 0 Å². The van der Waals surface area contributed by atoms with Crippen LogP contribution in [0.1, 0.15) is 5.56 Å². The van der Waals surface area contributed by atoms with E-state index in [2.05, 4.69) is 143 Å². The Morgan fingerprint density at radius 3 is 1.75 bits per heavy atom. The number of nitriles is 1. The molecule has 0 saturated carbocycles. The molecule has 4 aromatic heterocycles. The Morgan fingerprint density at radius 1 is 0.417 bits per heavy atom. The molecule has 0 aliphatic carbocycles.